The number of nitrogens with one attached hydrogen (secondary N) is 1. The van der Waals surface area contributed by atoms with Crippen molar-refractivity contribution in [1.29, 1.82) is 0 Å². The maximum absolute atomic E-state index is 4.88. The van der Waals surface area contributed by atoms with Gasteiger partial charge in [-0.05, 0) is 78.3 Å². The first-order valence-electron chi connectivity index (χ1n) is 14.5. The third-order valence-electron chi connectivity index (χ3n) is 7.39. The summed E-state index contributed by atoms with van der Waals surface area (Å²) in [7, 11) is 0. The Bertz CT molecular complexity index is 1770. The van der Waals surface area contributed by atoms with E-state index in [9.17, 15) is 0 Å². The summed E-state index contributed by atoms with van der Waals surface area (Å²) in [6.07, 6.45) is 31.9. The highest BCUT2D eigenvalue weighted by atomic mass is 14.8. The highest BCUT2D eigenvalue weighted by Crippen LogP contribution is 2.39. The highest BCUT2D eigenvalue weighted by molar-refractivity contribution is 6.00. The Hall–Kier alpha value is -5.13. The van der Waals surface area contributed by atoms with Gasteiger partial charge in [0.2, 0.25) is 0 Å². The molecule has 0 saturated carbocycles. The minimum Gasteiger partial charge on any atom is -0.354 e. The Labute approximate surface area is 250 Å². The SMILES string of the molecule is C/C=C\C(=C/C)C(C)=NCc1ccc2c(c1)C/C1=C/c3ccccc3C3=C(\C=C/C=C\C=C/C=C\C=C3)NC=C=C=C12. The molecule has 206 valence electrons. The van der Waals surface area contributed by atoms with Crippen LogP contribution in [0.25, 0.3) is 17.2 Å². The van der Waals surface area contributed by atoms with Crippen LogP contribution in [0.4, 0.5) is 0 Å². The molecule has 1 aliphatic heterocycles. The molecule has 0 fully saturated rings. The van der Waals surface area contributed by atoms with Gasteiger partial charge in [0, 0.05) is 22.6 Å². The van der Waals surface area contributed by atoms with Crippen molar-refractivity contribution in [3.8, 4) is 0 Å². The number of hydrogen-bond acceptors (Lipinski definition) is 2. The number of rotatable bonds is 4. The van der Waals surface area contributed by atoms with Crippen LogP contribution in [0.1, 0.15) is 48.6 Å². The lowest BCUT2D eigenvalue weighted by Gasteiger charge is -2.13. The normalized spacial score (nSPS) is 20.8. The second-order valence-corrected chi connectivity index (χ2v) is 10.2. The molecule has 3 aliphatic rings. The molecule has 0 bridgehead atoms. The predicted molar refractivity (Wildman–Crippen MR) is 181 cm³/mol. The fourth-order valence-corrected chi connectivity index (χ4v) is 5.29. The van der Waals surface area contributed by atoms with Crippen molar-refractivity contribution >= 4 is 22.9 Å². The lowest BCUT2D eigenvalue weighted by molar-refractivity contribution is 1.06. The molecule has 1 heterocycles. The van der Waals surface area contributed by atoms with E-state index in [2.05, 4.69) is 128 Å². The van der Waals surface area contributed by atoms with Crippen molar-refractivity contribution in [3.05, 3.63) is 184 Å². The average molecular weight is 545 g/mol. The van der Waals surface area contributed by atoms with E-state index in [1.165, 1.54) is 27.8 Å². The number of hydrogen-bond donors (Lipinski definition) is 1. The van der Waals surface area contributed by atoms with Gasteiger partial charge in [-0.1, -0.05) is 127 Å². The molecule has 2 heteroatoms. The summed E-state index contributed by atoms with van der Waals surface area (Å²) in [6, 6.07) is 15.3. The van der Waals surface area contributed by atoms with Crippen LogP contribution in [0.2, 0.25) is 0 Å². The second kappa shape index (κ2) is 14.0. The summed E-state index contributed by atoms with van der Waals surface area (Å²) >= 11 is 0. The number of nitrogens with zero attached hydrogens (tertiary/aromatic N) is 1. The van der Waals surface area contributed by atoms with Gasteiger partial charge in [-0.2, -0.15) is 0 Å². The molecular formula is C40H36N2. The van der Waals surface area contributed by atoms with Gasteiger partial charge in [0.05, 0.1) is 12.7 Å². The monoisotopic (exact) mass is 544 g/mol. The summed E-state index contributed by atoms with van der Waals surface area (Å²) in [5.41, 5.74) is 19.5. The first kappa shape index (κ1) is 28.4. The number of benzene rings is 2. The largest absolute Gasteiger partial charge is 0.354 e. The Morgan fingerprint density at radius 2 is 1.67 bits per heavy atom. The van der Waals surface area contributed by atoms with Crippen LogP contribution in [-0.2, 0) is 13.0 Å². The summed E-state index contributed by atoms with van der Waals surface area (Å²) < 4.78 is 0. The summed E-state index contributed by atoms with van der Waals surface area (Å²) in [6.45, 7) is 6.83. The van der Waals surface area contributed by atoms with E-state index in [1.807, 2.05) is 43.5 Å². The molecular weight excluding hydrogens is 508 g/mol. The van der Waals surface area contributed by atoms with Gasteiger partial charge in [0.1, 0.15) is 0 Å². The van der Waals surface area contributed by atoms with Gasteiger partial charge in [-0.25, -0.2) is 0 Å². The summed E-state index contributed by atoms with van der Waals surface area (Å²) in [5.74, 6) is 0. The quantitative estimate of drug-likeness (QED) is 0.231. The molecule has 5 rings (SSSR count). The number of allylic oxidation sites excluding steroid dienone is 17. The summed E-state index contributed by atoms with van der Waals surface area (Å²) in [4.78, 5) is 4.88. The maximum Gasteiger partial charge on any atom is 0.0643 e. The average Bonchev–Trinajstić information content (AvgIpc) is 3.33. The zero-order valence-electron chi connectivity index (χ0n) is 24.6. The predicted octanol–water partition coefficient (Wildman–Crippen LogP) is 9.57. The second-order valence-electron chi connectivity index (χ2n) is 10.2. The Balaban J connectivity index is 1.57. The van der Waals surface area contributed by atoms with Crippen molar-refractivity contribution in [2.24, 2.45) is 4.99 Å². The lowest BCUT2D eigenvalue weighted by Crippen LogP contribution is -2.05. The van der Waals surface area contributed by atoms with E-state index in [0.29, 0.717) is 6.54 Å². The third-order valence-corrected chi connectivity index (χ3v) is 7.39. The van der Waals surface area contributed by atoms with E-state index in [0.717, 1.165) is 40.1 Å². The first-order chi connectivity index (χ1) is 20.7. The molecule has 0 amide bonds. The van der Waals surface area contributed by atoms with Crippen molar-refractivity contribution in [2.75, 3.05) is 0 Å². The number of fused-ring (bicyclic) bond motifs is 5. The molecule has 0 atom stereocenters. The molecule has 2 aliphatic carbocycles. The van der Waals surface area contributed by atoms with Crippen LogP contribution >= 0.6 is 0 Å². The fourth-order valence-electron chi connectivity index (χ4n) is 5.29. The molecule has 1 N–H and O–H groups in total. The third kappa shape index (κ3) is 6.77. The molecule has 2 aromatic carbocycles. The Morgan fingerprint density at radius 1 is 0.905 bits per heavy atom. The van der Waals surface area contributed by atoms with Crippen LogP contribution in [0, 0.1) is 0 Å². The number of aliphatic imine (C=N–C) groups is 1. The molecule has 2 aromatic rings. The lowest BCUT2D eigenvalue weighted by atomic mass is 9.94. The van der Waals surface area contributed by atoms with Gasteiger partial charge in [0.25, 0.3) is 0 Å². The zero-order valence-corrected chi connectivity index (χ0v) is 24.6. The van der Waals surface area contributed by atoms with Gasteiger partial charge < -0.3 is 5.32 Å². The van der Waals surface area contributed by atoms with Gasteiger partial charge in [-0.3, -0.25) is 4.99 Å². The zero-order chi connectivity index (χ0) is 29.1. The van der Waals surface area contributed by atoms with Crippen LogP contribution in [0.5, 0.6) is 0 Å². The first-order valence-corrected chi connectivity index (χ1v) is 14.5. The smallest absolute Gasteiger partial charge is 0.0643 e. The van der Waals surface area contributed by atoms with Gasteiger partial charge in [0.15, 0.2) is 0 Å². The molecule has 0 spiro atoms. The Kier molecular flexibility index (Phi) is 9.45. The molecule has 0 unspecified atom stereocenters. The van der Waals surface area contributed by atoms with Crippen LogP contribution in [0.3, 0.4) is 0 Å². The molecule has 2 nitrogen and oxygen atoms in total. The standard InChI is InChI=1S/C40H36N2/c1-4-17-32(5-2)30(3)42-29-31-23-24-38-34(26-31)28-35-27-33-18-14-15-19-36(33)39-20-12-10-8-6-7-9-11-13-22-40(39)41-25-16-21-37(35)38/h4-15,17-20,22-27,41H,28-29H2,1-3H3/b7-6-,8-6?,9-7?,10-8-,11-9-,12-10?,13-11?,17-4-,20-12?,22-13-,32-5+,35-27-,37-25?,39-20?,40-22?,40-39?,42-30?. The molecule has 0 aromatic heterocycles. The fraction of sp³-hybridized carbons (Fsp3) is 0.125. The Morgan fingerprint density at radius 3 is 2.45 bits per heavy atom. The van der Waals surface area contributed by atoms with E-state index in [4.69, 9.17) is 4.99 Å². The van der Waals surface area contributed by atoms with Crippen molar-refractivity contribution in [1.82, 2.24) is 5.32 Å². The van der Waals surface area contributed by atoms with Gasteiger partial charge >= 0.3 is 0 Å². The van der Waals surface area contributed by atoms with Crippen molar-refractivity contribution < 1.29 is 0 Å². The topological polar surface area (TPSA) is 24.4 Å². The highest BCUT2D eigenvalue weighted by Gasteiger charge is 2.22. The van der Waals surface area contributed by atoms with E-state index >= 15 is 0 Å². The van der Waals surface area contributed by atoms with Crippen LogP contribution in [-0.4, -0.2) is 5.71 Å². The van der Waals surface area contributed by atoms with Crippen LogP contribution < -0.4 is 5.32 Å². The van der Waals surface area contributed by atoms with E-state index in [-0.39, 0.29) is 0 Å². The molecule has 0 saturated heterocycles. The molecule has 0 radical (unpaired) electrons. The van der Waals surface area contributed by atoms with Gasteiger partial charge in [-0.15, -0.1) is 0 Å². The minimum absolute atomic E-state index is 0.658. The van der Waals surface area contributed by atoms with E-state index < -0.39 is 0 Å². The van der Waals surface area contributed by atoms with E-state index in [1.54, 1.807) is 0 Å². The van der Waals surface area contributed by atoms with Crippen molar-refractivity contribution in [3.63, 3.8) is 0 Å². The minimum atomic E-state index is 0.658. The maximum atomic E-state index is 4.88. The molecule has 42 heavy (non-hydrogen) atoms. The van der Waals surface area contributed by atoms with Crippen molar-refractivity contribution in [2.45, 2.75) is 33.7 Å². The summed E-state index contributed by atoms with van der Waals surface area (Å²) in [5, 5.41) is 3.48. The van der Waals surface area contributed by atoms with Crippen LogP contribution in [0.15, 0.2) is 161 Å².